The lowest BCUT2D eigenvalue weighted by molar-refractivity contribution is 0.102. The monoisotopic (exact) mass is 401 g/mol. The van der Waals surface area contributed by atoms with Crippen molar-refractivity contribution >= 4 is 34.8 Å². The van der Waals surface area contributed by atoms with E-state index in [4.69, 9.17) is 32.7 Å². The number of anilines is 1. The van der Waals surface area contributed by atoms with Gasteiger partial charge in [-0.05, 0) is 42.5 Å². The van der Waals surface area contributed by atoms with Crippen molar-refractivity contribution in [1.29, 1.82) is 0 Å². The van der Waals surface area contributed by atoms with E-state index in [1.54, 1.807) is 36.4 Å². The minimum absolute atomic E-state index is 0.298. The van der Waals surface area contributed by atoms with Gasteiger partial charge >= 0.3 is 0 Å². The molecule has 3 aromatic rings. The van der Waals surface area contributed by atoms with E-state index in [0.717, 1.165) is 5.75 Å². The molecule has 0 aliphatic carbocycles. The van der Waals surface area contributed by atoms with Gasteiger partial charge in [0.25, 0.3) is 5.91 Å². The van der Waals surface area contributed by atoms with E-state index in [-0.39, 0.29) is 5.91 Å². The maximum absolute atomic E-state index is 12.6. The zero-order valence-electron chi connectivity index (χ0n) is 14.3. The molecule has 4 nitrogen and oxygen atoms in total. The number of hydrogen-bond acceptors (Lipinski definition) is 3. The molecule has 6 heteroatoms. The second kappa shape index (κ2) is 9.31. The van der Waals surface area contributed by atoms with Crippen molar-refractivity contribution in [3.63, 3.8) is 0 Å². The third kappa shape index (κ3) is 5.39. The van der Waals surface area contributed by atoms with Crippen LogP contribution in [0.4, 0.5) is 5.69 Å². The van der Waals surface area contributed by atoms with E-state index < -0.39 is 0 Å². The molecule has 3 rings (SSSR count). The Morgan fingerprint density at radius 3 is 2.30 bits per heavy atom. The molecule has 0 saturated heterocycles. The second-order valence-corrected chi connectivity index (χ2v) is 6.40. The molecule has 0 aliphatic heterocycles. The van der Waals surface area contributed by atoms with Gasteiger partial charge in [0.1, 0.15) is 24.7 Å². The molecule has 0 unspecified atom stereocenters. The van der Waals surface area contributed by atoms with Gasteiger partial charge in [0.05, 0.1) is 15.6 Å². The lowest BCUT2D eigenvalue weighted by Gasteiger charge is -2.12. The van der Waals surface area contributed by atoms with Crippen LogP contribution in [-0.2, 0) is 0 Å². The lowest BCUT2D eigenvalue weighted by Crippen LogP contribution is -2.15. The molecule has 138 valence electrons. The molecular formula is C21H17Cl2NO3. The van der Waals surface area contributed by atoms with Crippen molar-refractivity contribution < 1.29 is 14.3 Å². The number of carbonyl (C=O) groups is 1. The molecule has 0 radical (unpaired) electrons. The lowest BCUT2D eigenvalue weighted by atomic mass is 10.2. The predicted molar refractivity (Wildman–Crippen MR) is 108 cm³/mol. The summed E-state index contributed by atoms with van der Waals surface area (Å²) in [6, 6.07) is 21.4. The Hall–Kier alpha value is -2.69. The van der Waals surface area contributed by atoms with Gasteiger partial charge in [-0.1, -0.05) is 53.5 Å². The highest BCUT2D eigenvalue weighted by atomic mass is 35.5. The van der Waals surface area contributed by atoms with Crippen LogP contribution in [0.3, 0.4) is 0 Å². The Labute approximate surface area is 167 Å². The number of carbonyl (C=O) groups excluding carboxylic acids is 1. The number of benzene rings is 3. The molecule has 0 atom stereocenters. The summed E-state index contributed by atoms with van der Waals surface area (Å²) >= 11 is 11.9. The first-order valence-electron chi connectivity index (χ1n) is 8.29. The number of ether oxygens (including phenoxy) is 2. The number of halogens is 2. The normalized spacial score (nSPS) is 10.3. The van der Waals surface area contributed by atoms with Crippen LogP contribution in [0.5, 0.6) is 11.5 Å². The third-order valence-corrected chi connectivity index (χ3v) is 4.40. The summed E-state index contributed by atoms with van der Waals surface area (Å²) < 4.78 is 11.3. The summed E-state index contributed by atoms with van der Waals surface area (Å²) in [6.07, 6.45) is 0. The molecule has 0 saturated carbocycles. The van der Waals surface area contributed by atoms with Crippen LogP contribution < -0.4 is 14.8 Å². The summed E-state index contributed by atoms with van der Waals surface area (Å²) in [5, 5.41) is 3.59. The van der Waals surface area contributed by atoms with Crippen molar-refractivity contribution in [2.75, 3.05) is 18.5 Å². The number of hydrogen-bond donors (Lipinski definition) is 1. The highest BCUT2D eigenvalue weighted by Crippen LogP contribution is 2.26. The Kier molecular flexibility index (Phi) is 6.58. The van der Waals surface area contributed by atoms with Gasteiger partial charge in [-0.3, -0.25) is 4.79 Å². The first-order chi connectivity index (χ1) is 13.1. The van der Waals surface area contributed by atoms with Gasteiger partial charge in [0.15, 0.2) is 0 Å². The van der Waals surface area contributed by atoms with Crippen molar-refractivity contribution in [3.8, 4) is 11.5 Å². The van der Waals surface area contributed by atoms with Crippen molar-refractivity contribution in [2.24, 2.45) is 0 Å². The van der Waals surface area contributed by atoms with E-state index in [2.05, 4.69) is 5.32 Å². The zero-order valence-corrected chi connectivity index (χ0v) is 15.8. The third-order valence-electron chi connectivity index (χ3n) is 3.66. The van der Waals surface area contributed by atoms with E-state index in [9.17, 15) is 4.79 Å². The van der Waals surface area contributed by atoms with E-state index in [1.165, 1.54) is 0 Å². The fourth-order valence-electron chi connectivity index (χ4n) is 2.38. The Morgan fingerprint density at radius 1 is 0.815 bits per heavy atom. The number of amides is 1. The summed E-state index contributed by atoms with van der Waals surface area (Å²) in [4.78, 5) is 12.6. The van der Waals surface area contributed by atoms with Gasteiger partial charge in [0, 0.05) is 5.69 Å². The van der Waals surface area contributed by atoms with Gasteiger partial charge in [-0.15, -0.1) is 0 Å². The SMILES string of the molecule is O=C(Nc1ccc(Cl)c(Cl)c1)c1ccccc1OCCOc1ccccc1. The number of rotatable bonds is 7. The summed E-state index contributed by atoms with van der Waals surface area (Å²) in [6.45, 7) is 0.679. The van der Waals surface area contributed by atoms with Crippen LogP contribution in [0.1, 0.15) is 10.4 Å². The summed E-state index contributed by atoms with van der Waals surface area (Å²) in [7, 11) is 0. The minimum atomic E-state index is -0.298. The topological polar surface area (TPSA) is 47.6 Å². The molecule has 0 heterocycles. The van der Waals surface area contributed by atoms with Gasteiger partial charge in [-0.2, -0.15) is 0 Å². The molecule has 0 aliphatic rings. The molecule has 27 heavy (non-hydrogen) atoms. The van der Waals surface area contributed by atoms with Gasteiger partial charge in [-0.25, -0.2) is 0 Å². The average molecular weight is 402 g/mol. The van der Waals surface area contributed by atoms with Crippen LogP contribution in [0.2, 0.25) is 10.0 Å². The summed E-state index contributed by atoms with van der Waals surface area (Å²) in [5.41, 5.74) is 0.972. The predicted octanol–water partition coefficient (Wildman–Crippen LogP) is 5.70. The molecule has 0 bridgehead atoms. The molecule has 1 N–H and O–H groups in total. The van der Waals surface area contributed by atoms with Gasteiger partial charge in [0.2, 0.25) is 0 Å². The van der Waals surface area contributed by atoms with E-state index in [1.807, 2.05) is 36.4 Å². The van der Waals surface area contributed by atoms with Gasteiger partial charge < -0.3 is 14.8 Å². The average Bonchev–Trinajstić information content (AvgIpc) is 2.69. The van der Waals surface area contributed by atoms with Crippen LogP contribution in [0.25, 0.3) is 0 Å². The highest BCUT2D eigenvalue weighted by Gasteiger charge is 2.13. The standard InChI is InChI=1S/C21H17Cl2NO3/c22-18-11-10-15(14-19(18)23)24-21(25)17-8-4-5-9-20(17)27-13-12-26-16-6-2-1-3-7-16/h1-11,14H,12-13H2,(H,24,25). The number of nitrogens with one attached hydrogen (secondary N) is 1. The first-order valence-corrected chi connectivity index (χ1v) is 9.05. The maximum Gasteiger partial charge on any atom is 0.259 e. The van der Waals surface area contributed by atoms with Crippen LogP contribution in [0, 0.1) is 0 Å². The van der Waals surface area contributed by atoms with E-state index >= 15 is 0 Å². The molecular weight excluding hydrogens is 385 g/mol. The fraction of sp³-hybridized carbons (Fsp3) is 0.0952. The smallest absolute Gasteiger partial charge is 0.259 e. The number of para-hydroxylation sites is 2. The highest BCUT2D eigenvalue weighted by molar-refractivity contribution is 6.42. The molecule has 3 aromatic carbocycles. The van der Waals surface area contributed by atoms with Crippen LogP contribution in [0.15, 0.2) is 72.8 Å². The Morgan fingerprint density at radius 2 is 1.52 bits per heavy atom. The minimum Gasteiger partial charge on any atom is -0.490 e. The maximum atomic E-state index is 12.6. The molecule has 0 fully saturated rings. The first kappa shape index (κ1) is 19.1. The second-order valence-electron chi connectivity index (χ2n) is 5.59. The summed E-state index contributed by atoms with van der Waals surface area (Å²) in [5.74, 6) is 0.950. The van der Waals surface area contributed by atoms with E-state index in [0.29, 0.717) is 40.3 Å². The Balaban J connectivity index is 1.60. The largest absolute Gasteiger partial charge is 0.490 e. The van der Waals surface area contributed by atoms with Crippen LogP contribution in [-0.4, -0.2) is 19.1 Å². The van der Waals surface area contributed by atoms with Crippen molar-refractivity contribution in [3.05, 3.63) is 88.4 Å². The Bertz CT molecular complexity index is 916. The molecule has 0 spiro atoms. The quantitative estimate of drug-likeness (QED) is 0.516. The van der Waals surface area contributed by atoms with Crippen molar-refractivity contribution in [1.82, 2.24) is 0 Å². The molecule has 1 amide bonds. The molecule has 0 aromatic heterocycles. The van der Waals surface area contributed by atoms with Crippen LogP contribution >= 0.6 is 23.2 Å². The zero-order chi connectivity index (χ0) is 19.1. The van der Waals surface area contributed by atoms with Crippen molar-refractivity contribution in [2.45, 2.75) is 0 Å². The fourth-order valence-corrected chi connectivity index (χ4v) is 2.68.